The third-order valence-corrected chi connectivity index (χ3v) is 3.06. The van der Waals surface area contributed by atoms with Gasteiger partial charge in [0.2, 0.25) is 0 Å². The van der Waals surface area contributed by atoms with Gasteiger partial charge in [-0.05, 0) is 0 Å². The van der Waals surface area contributed by atoms with Crippen LogP contribution in [-0.4, -0.2) is 31.8 Å². The number of hydrogen-bond donors (Lipinski definition) is 1. The van der Waals surface area contributed by atoms with Crippen molar-refractivity contribution < 1.29 is 4.74 Å². The molecule has 0 atom stereocenters. The number of rotatable bonds is 6. The monoisotopic (exact) mass is 167 g/mol. The molecule has 0 aliphatic rings. The van der Waals surface area contributed by atoms with Crippen molar-refractivity contribution in [2.45, 2.75) is 0 Å². The first-order valence-electron chi connectivity index (χ1n) is 2.85. The van der Waals surface area contributed by atoms with E-state index in [1.807, 2.05) is 10.8 Å². The molecular formula is C5H13NOS2. The lowest BCUT2D eigenvalue weighted by molar-refractivity contribution is 0.219. The molecule has 0 aromatic carbocycles. The Labute approximate surface area is 64.3 Å². The summed E-state index contributed by atoms with van der Waals surface area (Å²) < 4.78 is 4.86. The van der Waals surface area contributed by atoms with Gasteiger partial charge in [0.05, 0.1) is 6.61 Å². The van der Waals surface area contributed by atoms with E-state index in [1.54, 1.807) is 17.9 Å². The lowest BCUT2D eigenvalue weighted by atomic mass is 10.8. The maximum absolute atomic E-state index is 5.28. The van der Waals surface area contributed by atoms with Crippen LogP contribution in [0.3, 0.4) is 0 Å². The SMILES string of the molecule is COCCSSCCN. The van der Waals surface area contributed by atoms with Gasteiger partial charge < -0.3 is 10.5 Å². The maximum atomic E-state index is 5.28. The van der Waals surface area contributed by atoms with Crippen molar-refractivity contribution in [1.29, 1.82) is 0 Å². The number of nitrogens with two attached hydrogens (primary N) is 1. The van der Waals surface area contributed by atoms with Crippen LogP contribution in [0, 0.1) is 0 Å². The second kappa shape index (κ2) is 8.62. The molecule has 2 nitrogen and oxygen atoms in total. The summed E-state index contributed by atoms with van der Waals surface area (Å²) in [4.78, 5) is 0. The number of methoxy groups -OCH3 is 1. The molecule has 2 N–H and O–H groups in total. The van der Waals surface area contributed by atoms with Crippen molar-refractivity contribution in [3.8, 4) is 0 Å². The summed E-state index contributed by atoms with van der Waals surface area (Å²) in [6, 6.07) is 0. The van der Waals surface area contributed by atoms with Crippen LogP contribution in [0.1, 0.15) is 0 Å². The molecule has 9 heavy (non-hydrogen) atoms. The van der Waals surface area contributed by atoms with E-state index >= 15 is 0 Å². The van der Waals surface area contributed by atoms with Crippen LogP contribution < -0.4 is 5.73 Å². The Bertz CT molecular complexity index is 48.2. The fourth-order valence-corrected chi connectivity index (χ4v) is 2.05. The second-order valence-electron chi connectivity index (χ2n) is 1.43. The van der Waals surface area contributed by atoms with E-state index in [4.69, 9.17) is 10.5 Å². The average molecular weight is 167 g/mol. The van der Waals surface area contributed by atoms with E-state index in [0.717, 1.165) is 24.7 Å². The van der Waals surface area contributed by atoms with Gasteiger partial charge in [-0.25, -0.2) is 0 Å². The summed E-state index contributed by atoms with van der Waals surface area (Å²) in [7, 11) is 5.34. The van der Waals surface area contributed by atoms with Crippen LogP contribution >= 0.6 is 21.6 Å². The number of ether oxygens (including phenoxy) is 1. The predicted molar refractivity (Wildman–Crippen MR) is 45.8 cm³/mol. The first kappa shape index (κ1) is 9.62. The smallest absolute Gasteiger partial charge is 0.0561 e. The Kier molecular flexibility index (Phi) is 9.21. The van der Waals surface area contributed by atoms with Crippen molar-refractivity contribution in [1.82, 2.24) is 0 Å². The maximum Gasteiger partial charge on any atom is 0.0561 e. The molecule has 0 amide bonds. The third kappa shape index (κ3) is 8.62. The lowest BCUT2D eigenvalue weighted by Crippen LogP contribution is -2.00. The fraction of sp³-hybridized carbons (Fsp3) is 1.00. The standard InChI is InChI=1S/C5H13NOS2/c1-7-3-5-9-8-4-2-6/h2-6H2,1H3. The zero-order chi connectivity index (χ0) is 6.95. The Morgan fingerprint density at radius 2 is 2.00 bits per heavy atom. The quantitative estimate of drug-likeness (QED) is 0.472. The van der Waals surface area contributed by atoms with E-state index < -0.39 is 0 Å². The van der Waals surface area contributed by atoms with Gasteiger partial charge in [-0.2, -0.15) is 0 Å². The molecule has 0 saturated carbocycles. The summed E-state index contributed by atoms with van der Waals surface area (Å²) in [5, 5.41) is 0. The zero-order valence-corrected chi connectivity index (χ0v) is 7.26. The van der Waals surface area contributed by atoms with Crippen LogP contribution in [0.2, 0.25) is 0 Å². The molecule has 0 spiro atoms. The van der Waals surface area contributed by atoms with Gasteiger partial charge in [0.15, 0.2) is 0 Å². The van der Waals surface area contributed by atoms with Crippen molar-refractivity contribution in [3.05, 3.63) is 0 Å². The Morgan fingerprint density at radius 3 is 2.56 bits per heavy atom. The van der Waals surface area contributed by atoms with Gasteiger partial charge >= 0.3 is 0 Å². The third-order valence-electron chi connectivity index (χ3n) is 0.655. The molecule has 0 unspecified atom stereocenters. The molecule has 0 aromatic rings. The topological polar surface area (TPSA) is 35.2 Å². The van der Waals surface area contributed by atoms with Crippen LogP contribution in [0.4, 0.5) is 0 Å². The molecule has 0 bridgehead atoms. The molecule has 0 aromatic heterocycles. The van der Waals surface area contributed by atoms with E-state index in [0.29, 0.717) is 0 Å². The Hall–Kier alpha value is 0.620. The Balaban J connectivity index is 2.60. The molecule has 0 aliphatic carbocycles. The van der Waals surface area contributed by atoms with Crippen molar-refractivity contribution in [2.24, 2.45) is 5.73 Å². The van der Waals surface area contributed by atoms with E-state index in [-0.39, 0.29) is 0 Å². The minimum absolute atomic E-state index is 0.769. The highest BCUT2D eigenvalue weighted by molar-refractivity contribution is 8.76. The van der Waals surface area contributed by atoms with E-state index in [9.17, 15) is 0 Å². The normalized spacial score (nSPS) is 10.0. The summed E-state index contributed by atoms with van der Waals surface area (Å²) in [5.41, 5.74) is 5.28. The van der Waals surface area contributed by atoms with Crippen molar-refractivity contribution in [3.63, 3.8) is 0 Å². The number of hydrogen-bond acceptors (Lipinski definition) is 4. The van der Waals surface area contributed by atoms with Crippen molar-refractivity contribution in [2.75, 3.05) is 31.8 Å². The van der Waals surface area contributed by atoms with E-state index in [2.05, 4.69) is 0 Å². The molecule has 0 heterocycles. The highest BCUT2D eigenvalue weighted by atomic mass is 33.1. The molecule has 0 rings (SSSR count). The van der Waals surface area contributed by atoms with Crippen LogP contribution in [0.5, 0.6) is 0 Å². The van der Waals surface area contributed by atoms with Gasteiger partial charge in [0.1, 0.15) is 0 Å². The molecule has 0 saturated heterocycles. The molecule has 0 radical (unpaired) electrons. The molecule has 4 heteroatoms. The molecule has 0 fully saturated rings. The van der Waals surface area contributed by atoms with Gasteiger partial charge in [-0.3, -0.25) is 0 Å². The van der Waals surface area contributed by atoms with Crippen LogP contribution in [0.25, 0.3) is 0 Å². The minimum Gasteiger partial charge on any atom is -0.384 e. The second-order valence-corrected chi connectivity index (χ2v) is 4.13. The lowest BCUT2D eigenvalue weighted by Gasteiger charge is -1.96. The van der Waals surface area contributed by atoms with E-state index in [1.165, 1.54) is 0 Å². The van der Waals surface area contributed by atoms with Gasteiger partial charge in [-0.1, -0.05) is 21.6 Å². The van der Waals surface area contributed by atoms with Gasteiger partial charge in [-0.15, -0.1) is 0 Å². The van der Waals surface area contributed by atoms with Crippen LogP contribution in [0.15, 0.2) is 0 Å². The van der Waals surface area contributed by atoms with Crippen LogP contribution in [-0.2, 0) is 4.74 Å². The summed E-state index contributed by atoms with van der Waals surface area (Å²) in [5.74, 6) is 2.09. The molecule has 56 valence electrons. The molecular weight excluding hydrogens is 154 g/mol. The Morgan fingerprint density at radius 1 is 1.33 bits per heavy atom. The zero-order valence-electron chi connectivity index (χ0n) is 5.63. The fourth-order valence-electron chi connectivity index (χ4n) is 0.283. The van der Waals surface area contributed by atoms with Crippen molar-refractivity contribution >= 4 is 21.6 Å². The first-order chi connectivity index (χ1) is 4.41. The average Bonchev–Trinajstić information content (AvgIpc) is 1.89. The highest BCUT2D eigenvalue weighted by Gasteiger charge is 1.86. The summed E-state index contributed by atoms with van der Waals surface area (Å²) in [6.45, 7) is 1.60. The minimum atomic E-state index is 0.769. The van der Waals surface area contributed by atoms with Gasteiger partial charge in [0.25, 0.3) is 0 Å². The largest absolute Gasteiger partial charge is 0.384 e. The first-order valence-corrected chi connectivity index (χ1v) is 5.34. The highest BCUT2D eigenvalue weighted by Crippen LogP contribution is 2.19. The summed E-state index contributed by atoms with van der Waals surface area (Å²) >= 11 is 0. The predicted octanol–water partition coefficient (Wildman–Crippen LogP) is 0.973. The summed E-state index contributed by atoms with van der Waals surface area (Å²) in [6.07, 6.45) is 0. The molecule has 0 aliphatic heterocycles. The van der Waals surface area contributed by atoms with Gasteiger partial charge in [0, 0.05) is 25.2 Å².